The van der Waals surface area contributed by atoms with Crippen LogP contribution < -0.4 is 10.6 Å². The summed E-state index contributed by atoms with van der Waals surface area (Å²) in [5.74, 6) is 2.73. The molecular formula is C12H20N4. The van der Waals surface area contributed by atoms with Crippen LogP contribution in [0, 0.1) is 5.92 Å². The third-order valence-corrected chi connectivity index (χ3v) is 3.10. The van der Waals surface area contributed by atoms with E-state index in [1.54, 1.807) is 0 Å². The molecule has 1 aromatic heterocycles. The maximum absolute atomic E-state index is 4.48. The number of nitrogens with one attached hydrogen (secondary N) is 2. The molecule has 1 aliphatic rings. The first kappa shape index (κ1) is 11.3. The fourth-order valence-electron chi connectivity index (χ4n) is 1.80. The lowest BCUT2D eigenvalue weighted by Crippen LogP contribution is -2.21. The van der Waals surface area contributed by atoms with Crippen LogP contribution in [0.5, 0.6) is 0 Å². The van der Waals surface area contributed by atoms with Crippen molar-refractivity contribution in [3.63, 3.8) is 0 Å². The topological polar surface area (TPSA) is 49.8 Å². The Balaban J connectivity index is 1.82. The minimum atomic E-state index is 0.857. The molecule has 0 bridgehead atoms. The van der Waals surface area contributed by atoms with Crippen molar-refractivity contribution in [3.05, 3.63) is 18.1 Å². The number of nitrogens with zero attached hydrogens (tertiary/aromatic N) is 2. The van der Waals surface area contributed by atoms with Crippen molar-refractivity contribution in [2.24, 2.45) is 5.92 Å². The van der Waals surface area contributed by atoms with Gasteiger partial charge in [0.05, 0.1) is 0 Å². The van der Waals surface area contributed by atoms with Gasteiger partial charge in [0.25, 0.3) is 0 Å². The SMILES string of the molecule is CNCCc1nccc(NCC2CCC2)n1. The zero-order chi connectivity index (χ0) is 11.2. The Kier molecular flexibility index (Phi) is 4.10. The maximum Gasteiger partial charge on any atom is 0.131 e. The summed E-state index contributed by atoms with van der Waals surface area (Å²) in [6.07, 6.45) is 6.84. The van der Waals surface area contributed by atoms with E-state index in [0.717, 1.165) is 37.1 Å². The number of likely N-dealkylation sites (N-methyl/N-ethyl adjacent to an activating group) is 1. The highest BCUT2D eigenvalue weighted by Gasteiger charge is 2.16. The molecule has 1 aromatic rings. The van der Waals surface area contributed by atoms with Crippen molar-refractivity contribution in [2.75, 3.05) is 25.5 Å². The fourth-order valence-corrected chi connectivity index (χ4v) is 1.80. The quantitative estimate of drug-likeness (QED) is 0.762. The molecule has 0 radical (unpaired) electrons. The normalized spacial score (nSPS) is 15.8. The summed E-state index contributed by atoms with van der Waals surface area (Å²) in [5, 5.41) is 6.50. The van der Waals surface area contributed by atoms with Gasteiger partial charge in [-0.3, -0.25) is 0 Å². The predicted octanol–water partition coefficient (Wildman–Crippen LogP) is 1.45. The lowest BCUT2D eigenvalue weighted by atomic mass is 9.85. The number of anilines is 1. The molecule has 2 rings (SSSR count). The lowest BCUT2D eigenvalue weighted by Gasteiger charge is -2.25. The molecule has 1 fully saturated rings. The molecule has 1 saturated carbocycles. The lowest BCUT2D eigenvalue weighted by molar-refractivity contribution is 0.333. The maximum atomic E-state index is 4.48. The second-order valence-corrected chi connectivity index (χ2v) is 4.39. The average molecular weight is 220 g/mol. The summed E-state index contributed by atoms with van der Waals surface area (Å²) >= 11 is 0. The monoisotopic (exact) mass is 220 g/mol. The van der Waals surface area contributed by atoms with Gasteiger partial charge in [-0.2, -0.15) is 0 Å². The van der Waals surface area contributed by atoms with E-state index in [4.69, 9.17) is 0 Å². The molecule has 1 heterocycles. The summed E-state index contributed by atoms with van der Waals surface area (Å²) in [5.41, 5.74) is 0. The zero-order valence-corrected chi connectivity index (χ0v) is 9.87. The smallest absolute Gasteiger partial charge is 0.131 e. The van der Waals surface area contributed by atoms with Crippen LogP contribution in [0.3, 0.4) is 0 Å². The van der Waals surface area contributed by atoms with Crippen LogP contribution in [0.2, 0.25) is 0 Å². The van der Waals surface area contributed by atoms with Gasteiger partial charge < -0.3 is 10.6 Å². The van der Waals surface area contributed by atoms with Gasteiger partial charge in [-0.1, -0.05) is 6.42 Å². The number of hydrogen-bond donors (Lipinski definition) is 2. The second-order valence-electron chi connectivity index (χ2n) is 4.39. The first-order valence-corrected chi connectivity index (χ1v) is 6.09. The van der Waals surface area contributed by atoms with Gasteiger partial charge in [-0.05, 0) is 31.9 Å². The Morgan fingerprint density at radius 3 is 3.00 bits per heavy atom. The third-order valence-electron chi connectivity index (χ3n) is 3.10. The van der Waals surface area contributed by atoms with Crippen LogP contribution in [-0.4, -0.2) is 30.1 Å². The number of aromatic nitrogens is 2. The summed E-state index contributed by atoms with van der Waals surface area (Å²) in [6, 6.07) is 1.95. The Hall–Kier alpha value is -1.16. The Labute approximate surface area is 96.9 Å². The summed E-state index contributed by atoms with van der Waals surface area (Å²) in [6.45, 7) is 1.98. The molecule has 16 heavy (non-hydrogen) atoms. The van der Waals surface area contributed by atoms with E-state index in [2.05, 4.69) is 20.6 Å². The Bertz CT molecular complexity index is 323. The van der Waals surface area contributed by atoms with Crippen molar-refractivity contribution in [1.82, 2.24) is 15.3 Å². The van der Waals surface area contributed by atoms with Gasteiger partial charge in [-0.15, -0.1) is 0 Å². The van der Waals surface area contributed by atoms with Gasteiger partial charge in [0.2, 0.25) is 0 Å². The van der Waals surface area contributed by atoms with Crippen LogP contribution in [0.4, 0.5) is 5.82 Å². The molecule has 0 saturated heterocycles. The minimum absolute atomic E-state index is 0.857. The molecular weight excluding hydrogens is 200 g/mol. The molecule has 0 spiro atoms. The highest BCUT2D eigenvalue weighted by atomic mass is 15.0. The van der Waals surface area contributed by atoms with Crippen LogP contribution in [0.25, 0.3) is 0 Å². The highest BCUT2D eigenvalue weighted by molar-refractivity contribution is 5.33. The molecule has 1 aliphatic carbocycles. The molecule has 0 aliphatic heterocycles. The fraction of sp³-hybridized carbons (Fsp3) is 0.667. The molecule has 4 nitrogen and oxygen atoms in total. The molecule has 0 amide bonds. The summed E-state index contributed by atoms with van der Waals surface area (Å²) in [4.78, 5) is 8.73. The number of hydrogen-bond acceptors (Lipinski definition) is 4. The van der Waals surface area contributed by atoms with E-state index < -0.39 is 0 Å². The van der Waals surface area contributed by atoms with Crippen molar-refractivity contribution in [3.8, 4) is 0 Å². The summed E-state index contributed by atoms with van der Waals surface area (Å²) in [7, 11) is 1.94. The highest BCUT2D eigenvalue weighted by Crippen LogP contribution is 2.26. The molecule has 0 atom stereocenters. The molecule has 0 unspecified atom stereocenters. The van der Waals surface area contributed by atoms with Crippen LogP contribution in [0.15, 0.2) is 12.3 Å². The van der Waals surface area contributed by atoms with Crippen molar-refractivity contribution in [1.29, 1.82) is 0 Å². The van der Waals surface area contributed by atoms with E-state index >= 15 is 0 Å². The van der Waals surface area contributed by atoms with Crippen molar-refractivity contribution >= 4 is 5.82 Å². The average Bonchev–Trinajstić information content (AvgIpc) is 2.25. The first-order valence-electron chi connectivity index (χ1n) is 6.09. The van der Waals surface area contributed by atoms with Crippen LogP contribution in [-0.2, 0) is 6.42 Å². The zero-order valence-electron chi connectivity index (χ0n) is 9.87. The third kappa shape index (κ3) is 3.17. The van der Waals surface area contributed by atoms with Crippen molar-refractivity contribution in [2.45, 2.75) is 25.7 Å². The van der Waals surface area contributed by atoms with Gasteiger partial charge in [0, 0.05) is 25.7 Å². The Morgan fingerprint density at radius 2 is 2.31 bits per heavy atom. The van der Waals surface area contributed by atoms with E-state index in [9.17, 15) is 0 Å². The van der Waals surface area contributed by atoms with Gasteiger partial charge in [0.15, 0.2) is 0 Å². The Morgan fingerprint density at radius 1 is 1.44 bits per heavy atom. The van der Waals surface area contributed by atoms with E-state index in [0.29, 0.717) is 0 Å². The second kappa shape index (κ2) is 5.80. The first-order chi connectivity index (χ1) is 7.88. The van der Waals surface area contributed by atoms with Crippen LogP contribution >= 0.6 is 0 Å². The van der Waals surface area contributed by atoms with E-state index in [-0.39, 0.29) is 0 Å². The van der Waals surface area contributed by atoms with E-state index in [1.807, 2.05) is 19.3 Å². The summed E-state index contributed by atoms with van der Waals surface area (Å²) < 4.78 is 0. The predicted molar refractivity (Wildman–Crippen MR) is 65.5 cm³/mol. The van der Waals surface area contributed by atoms with Gasteiger partial charge in [-0.25, -0.2) is 9.97 Å². The van der Waals surface area contributed by atoms with Crippen molar-refractivity contribution < 1.29 is 0 Å². The number of rotatable bonds is 6. The van der Waals surface area contributed by atoms with E-state index in [1.165, 1.54) is 19.3 Å². The molecule has 0 aromatic carbocycles. The molecule has 4 heteroatoms. The standard InChI is InChI=1S/C12H20N4/c1-13-7-5-11-14-8-6-12(16-11)15-9-10-3-2-4-10/h6,8,10,13H,2-5,7,9H2,1H3,(H,14,15,16). The minimum Gasteiger partial charge on any atom is -0.370 e. The molecule has 2 N–H and O–H groups in total. The van der Waals surface area contributed by atoms with Gasteiger partial charge in [0.1, 0.15) is 11.6 Å². The molecule has 88 valence electrons. The largest absolute Gasteiger partial charge is 0.370 e. The van der Waals surface area contributed by atoms with Crippen LogP contribution in [0.1, 0.15) is 25.1 Å². The van der Waals surface area contributed by atoms with Gasteiger partial charge >= 0.3 is 0 Å².